The fourth-order valence-corrected chi connectivity index (χ4v) is 4.18. The third-order valence-corrected chi connectivity index (χ3v) is 6.22. The van der Waals surface area contributed by atoms with Crippen molar-refractivity contribution in [1.82, 2.24) is 10.2 Å². The molecule has 0 spiro atoms. The molecule has 1 saturated heterocycles. The maximum atomic E-state index is 14.0. The molecule has 0 aliphatic carbocycles. The van der Waals surface area contributed by atoms with E-state index >= 15 is 0 Å². The first-order valence-corrected chi connectivity index (χ1v) is 11.6. The summed E-state index contributed by atoms with van der Waals surface area (Å²) < 4.78 is 28.0. The highest BCUT2D eigenvalue weighted by Gasteiger charge is 2.28. The van der Waals surface area contributed by atoms with E-state index in [4.69, 9.17) is 0 Å². The maximum Gasteiger partial charge on any atom is 0.257 e. The fourth-order valence-electron chi connectivity index (χ4n) is 4.18. The van der Waals surface area contributed by atoms with Crippen LogP contribution < -0.4 is 10.6 Å². The minimum absolute atomic E-state index is 0.0348. The Bertz CT molecular complexity index is 1070. The first kappa shape index (κ1) is 25.3. The quantitative estimate of drug-likeness (QED) is 0.642. The number of rotatable bonds is 6. The van der Waals surface area contributed by atoms with E-state index in [0.717, 1.165) is 44.0 Å². The van der Waals surface area contributed by atoms with Crippen molar-refractivity contribution in [2.24, 2.45) is 5.92 Å². The van der Waals surface area contributed by atoms with Gasteiger partial charge in [0.15, 0.2) is 0 Å². The number of anilines is 1. The molecule has 1 unspecified atom stereocenters. The maximum absolute atomic E-state index is 14.0. The van der Waals surface area contributed by atoms with Gasteiger partial charge >= 0.3 is 0 Å². The Morgan fingerprint density at radius 1 is 1.06 bits per heavy atom. The lowest BCUT2D eigenvalue weighted by molar-refractivity contribution is -0.118. The molecule has 182 valence electrons. The first-order valence-electron chi connectivity index (χ1n) is 11.6. The minimum Gasteiger partial charge on any atom is -0.340 e. The standard InChI is InChI=1S/C26H31F2N3O3/c1-15(2)23(30-24(32)22-19(27)9-7-10-20(22)28)25(33)29-21-12-11-18(14-16(21)3)26(34)31-13-6-5-8-17(31)4/h7,9-12,14-15,17,23H,5-6,8,13H2,1-4H3,(H,29,33)(H,30,32)/t17?,23-/m0/s1. The van der Waals surface area contributed by atoms with E-state index in [1.807, 2.05) is 11.8 Å². The molecule has 6 nitrogen and oxygen atoms in total. The number of hydrogen-bond acceptors (Lipinski definition) is 3. The van der Waals surface area contributed by atoms with Gasteiger partial charge in [0.1, 0.15) is 23.2 Å². The van der Waals surface area contributed by atoms with E-state index in [0.29, 0.717) is 16.8 Å². The average Bonchev–Trinajstić information content (AvgIpc) is 2.78. The molecule has 2 aromatic carbocycles. The topological polar surface area (TPSA) is 78.5 Å². The van der Waals surface area contributed by atoms with Crippen molar-refractivity contribution in [1.29, 1.82) is 0 Å². The molecule has 0 bridgehead atoms. The molecule has 0 aromatic heterocycles. The van der Waals surface area contributed by atoms with Crippen LogP contribution in [-0.2, 0) is 4.79 Å². The van der Waals surface area contributed by atoms with Crippen LogP contribution in [0.15, 0.2) is 36.4 Å². The first-order chi connectivity index (χ1) is 16.1. The summed E-state index contributed by atoms with van der Waals surface area (Å²) in [6.45, 7) is 8.00. The van der Waals surface area contributed by atoms with Crippen molar-refractivity contribution in [2.45, 2.75) is 59.0 Å². The summed E-state index contributed by atoms with van der Waals surface area (Å²) in [7, 11) is 0. The Morgan fingerprint density at radius 2 is 1.74 bits per heavy atom. The number of nitrogens with one attached hydrogen (secondary N) is 2. The predicted molar refractivity (Wildman–Crippen MR) is 127 cm³/mol. The van der Waals surface area contributed by atoms with Crippen LogP contribution in [0.25, 0.3) is 0 Å². The van der Waals surface area contributed by atoms with Crippen molar-refractivity contribution in [3.05, 3.63) is 64.7 Å². The van der Waals surface area contributed by atoms with Gasteiger partial charge < -0.3 is 15.5 Å². The number of halogens is 2. The number of likely N-dealkylation sites (tertiary alicyclic amines) is 1. The molecule has 2 aromatic rings. The molecule has 8 heteroatoms. The molecule has 1 fully saturated rings. The van der Waals surface area contributed by atoms with Crippen LogP contribution in [0.2, 0.25) is 0 Å². The highest BCUT2D eigenvalue weighted by atomic mass is 19.1. The Balaban J connectivity index is 1.73. The normalized spacial score (nSPS) is 16.8. The van der Waals surface area contributed by atoms with E-state index in [1.165, 1.54) is 0 Å². The smallest absolute Gasteiger partial charge is 0.257 e. The highest BCUT2D eigenvalue weighted by Crippen LogP contribution is 2.23. The number of piperidine rings is 1. The van der Waals surface area contributed by atoms with Crippen LogP contribution in [0.4, 0.5) is 14.5 Å². The Hall–Kier alpha value is -3.29. The van der Waals surface area contributed by atoms with Gasteiger partial charge in [-0.15, -0.1) is 0 Å². The summed E-state index contributed by atoms with van der Waals surface area (Å²) in [5.74, 6) is -3.91. The molecule has 0 saturated carbocycles. The third kappa shape index (κ3) is 5.61. The SMILES string of the molecule is Cc1cc(C(=O)N2CCCCC2C)ccc1NC(=O)[C@@H](NC(=O)c1c(F)cccc1F)C(C)C. The zero-order chi connectivity index (χ0) is 25.0. The van der Waals surface area contributed by atoms with Crippen LogP contribution in [0, 0.1) is 24.5 Å². The summed E-state index contributed by atoms with van der Waals surface area (Å²) in [5, 5.41) is 5.21. The molecule has 1 aliphatic rings. The zero-order valence-electron chi connectivity index (χ0n) is 20.0. The molecule has 2 N–H and O–H groups in total. The number of amides is 3. The molecule has 3 rings (SSSR count). The predicted octanol–water partition coefficient (Wildman–Crippen LogP) is 4.68. The van der Waals surface area contributed by atoms with Gasteiger partial charge in [-0.25, -0.2) is 8.78 Å². The van der Waals surface area contributed by atoms with Gasteiger partial charge in [-0.2, -0.15) is 0 Å². The number of nitrogens with zero attached hydrogens (tertiary/aromatic N) is 1. The third-order valence-electron chi connectivity index (χ3n) is 6.22. The molecular formula is C26H31F2N3O3. The molecular weight excluding hydrogens is 440 g/mol. The second kappa shape index (κ2) is 10.8. The number of aryl methyl sites for hydroxylation is 1. The summed E-state index contributed by atoms with van der Waals surface area (Å²) >= 11 is 0. The van der Waals surface area contributed by atoms with Crippen LogP contribution in [0.1, 0.15) is 66.3 Å². The molecule has 2 atom stereocenters. The van der Waals surface area contributed by atoms with E-state index < -0.39 is 35.1 Å². The van der Waals surface area contributed by atoms with Crippen LogP contribution in [0.3, 0.4) is 0 Å². The summed E-state index contributed by atoms with van der Waals surface area (Å²) in [6, 6.07) is 7.36. The van der Waals surface area contributed by atoms with Gasteiger partial charge in [0.2, 0.25) is 5.91 Å². The Morgan fingerprint density at radius 3 is 2.32 bits per heavy atom. The molecule has 3 amide bonds. The Kier molecular flexibility index (Phi) is 8.02. The number of carbonyl (C=O) groups is 3. The monoisotopic (exact) mass is 471 g/mol. The van der Waals surface area contributed by atoms with Crippen molar-refractivity contribution in [2.75, 3.05) is 11.9 Å². The van der Waals surface area contributed by atoms with Crippen molar-refractivity contribution in [3.8, 4) is 0 Å². The molecule has 1 heterocycles. The van der Waals surface area contributed by atoms with Gasteiger partial charge in [-0.1, -0.05) is 19.9 Å². The van der Waals surface area contributed by atoms with Crippen molar-refractivity contribution < 1.29 is 23.2 Å². The number of benzene rings is 2. The van der Waals surface area contributed by atoms with E-state index in [9.17, 15) is 23.2 Å². The van der Waals surface area contributed by atoms with E-state index in [2.05, 4.69) is 10.6 Å². The second-order valence-electron chi connectivity index (χ2n) is 9.15. The average molecular weight is 472 g/mol. The lowest BCUT2D eigenvalue weighted by Gasteiger charge is -2.33. The van der Waals surface area contributed by atoms with Crippen LogP contribution in [0.5, 0.6) is 0 Å². The largest absolute Gasteiger partial charge is 0.340 e. The highest BCUT2D eigenvalue weighted by molar-refractivity contribution is 6.02. The second-order valence-corrected chi connectivity index (χ2v) is 9.15. The summed E-state index contributed by atoms with van der Waals surface area (Å²) in [5.41, 5.74) is 1.00. The Labute approximate surface area is 198 Å². The van der Waals surface area contributed by atoms with Gasteiger partial charge in [0.05, 0.1) is 0 Å². The van der Waals surface area contributed by atoms with Crippen molar-refractivity contribution >= 4 is 23.4 Å². The molecule has 34 heavy (non-hydrogen) atoms. The van der Waals surface area contributed by atoms with Crippen LogP contribution >= 0.6 is 0 Å². The lowest BCUT2D eigenvalue weighted by Crippen LogP contribution is -2.47. The number of hydrogen-bond donors (Lipinski definition) is 2. The van der Waals surface area contributed by atoms with Gasteiger partial charge in [-0.05, 0) is 74.9 Å². The van der Waals surface area contributed by atoms with E-state index in [-0.39, 0.29) is 17.9 Å². The van der Waals surface area contributed by atoms with Gasteiger partial charge in [-0.3, -0.25) is 14.4 Å². The summed E-state index contributed by atoms with van der Waals surface area (Å²) in [4.78, 5) is 40.3. The zero-order valence-corrected chi connectivity index (χ0v) is 20.0. The fraction of sp³-hybridized carbons (Fsp3) is 0.423. The summed E-state index contributed by atoms with van der Waals surface area (Å²) in [6.07, 6.45) is 3.09. The van der Waals surface area contributed by atoms with Crippen LogP contribution in [-0.4, -0.2) is 41.2 Å². The number of carbonyl (C=O) groups excluding carboxylic acids is 3. The van der Waals surface area contributed by atoms with E-state index in [1.54, 1.807) is 39.0 Å². The lowest BCUT2D eigenvalue weighted by atomic mass is 10.0. The van der Waals surface area contributed by atoms with Crippen molar-refractivity contribution in [3.63, 3.8) is 0 Å². The molecule has 0 radical (unpaired) electrons. The molecule has 1 aliphatic heterocycles. The van der Waals surface area contributed by atoms with Gasteiger partial charge in [0, 0.05) is 23.8 Å². The minimum atomic E-state index is -1.03. The van der Waals surface area contributed by atoms with Gasteiger partial charge in [0.25, 0.3) is 11.8 Å².